The Bertz CT molecular complexity index is 215. The number of hydrogen-bond donors (Lipinski definition) is 1. The highest BCUT2D eigenvalue weighted by Crippen LogP contribution is 1.94. The van der Waals surface area contributed by atoms with Crippen molar-refractivity contribution in [3.63, 3.8) is 0 Å². The molecular weight excluding hydrogens is 196 g/mol. The Morgan fingerprint density at radius 2 is 1.53 bits per heavy atom. The molecule has 0 heterocycles. The number of nitrogens with zero attached hydrogens (tertiary/aromatic N) is 2. The molecular formula is C10H20N2O3. The molecule has 0 rings (SSSR count). The molecule has 0 aromatic carbocycles. The molecule has 0 spiro atoms. The van der Waals surface area contributed by atoms with E-state index in [4.69, 9.17) is 5.11 Å². The van der Waals surface area contributed by atoms with Gasteiger partial charge in [-0.2, -0.15) is 0 Å². The lowest BCUT2D eigenvalue weighted by Gasteiger charge is -2.23. The topological polar surface area (TPSA) is 60.9 Å². The third kappa shape index (κ3) is 5.37. The maximum absolute atomic E-state index is 11.6. The van der Waals surface area contributed by atoms with Gasteiger partial charge >= 0.3 is 5.97 Å². The van der Waals surface area contributed by atoms with Gasteiger partial charge in [0, 0.05) is 13.1 Å². The quantitative estimate of drug-likeness (QED) is 0.663. The summed E-state index contributed by atoms with van der Waals surface area (Å²) in [7, 11) is 0. The van der Waals surface area contributed by atoms with E-state index in [1.807, 2.05) is 20.8 Å². The Morgan fingerprint density at radius 3 is 1.87 bits per heavy atom. The maximum atomic E-state index is 11.6. The number of rotatable bonds is 7. The highest BCUT2D eigenvalue weighted by molar-refractivity contribution is 5.79. The van der Waals surface area contributed by atoms with Crippen molar-refractivity contribution >= 4 is 11.9 Å². The lowest BCUT2D eigenvalue weighted by molar-refractivity contribution is -0.139. The second-order valence-electron chi connectivity index (χ2n) is 3.26. The summed E-state index contributed by atoms with van der Waals surface area (Å²) in [6.45, 7) is 7.68. The van der Waals surface area contributed by atoms with Crippen LogP contribution < -0.4 is 0 Å². The molecule has 0 aliphatic carbocycles. The minimum absolute atomic E-state index is 0.0110. The van der Waals surface area contributed by atoms with Crippen LogP contribution in [0.1, 0.15) is 20.8 Å². The molecule has 15 heavy (non-hydrogen) atoms. The van der Waals surface area contributed by atoms with Gasteiger partial charge in [0.05, 0.1) is 13.1 Å². The van der Waals surface area contributed by atoms with E-state index >= 15 is 0 Å². The number of amides is 1. The molecule has 0 saturated heterocycles. The summed E-state index contributed by atoms with van der Waals surface area (Å²) >= 11 is 0. The average Bonchev–Trinajstić information content (AvgIpc) is 2.17. The standard InChI is InChI=1S/C10H20N2O3/c1-4-11(8-10(14)15)7-9(13)12(5-2)6-3/h4-8H2,1-3H3,(H,14,15). The summed E-state index contributed by atoms with van der Waals surface area (Å²) in [6, 6.07) is 0. The van der Waals surface area contributed by atoms with Crippen LogP contribution in [0.15, 0.2) is 0 Å². The van der Waals surface area contributed by atoms with Crippen LogP contribution in [0.3, 0.4) is 0 Å². The highest BCUT2D eigenvalue weighted by Gasteiger charge is 2.15. The molecule has 0 fully saturated rings. The van der Waals surface area contributed by atoms with Crippen molar-refractivity contribution < 1.29 is 14.7 Å². The lowest BCUT2D eigenvalue weighted by Crippen LogP contribution is -2.41. The van der Waals surface area contributed by atoms with Gasteiger partial charge in [0.2, 0.25) is 5.91 Å². The van der Waals surface area contributed by atoms with Gasteiger partial charge in [-0.05, 0) is 20.4 Å². The van der Waals surface area contributed by atoms with Crippen LogP contribution in [0.4, 0.5) is 0 Å². The van der Waals surface area contributed by atoms with E-state index in [-0.39, 0.29) is 19.0 Å². The minimum Gasteiger partial charge on any atom is -0.480 e. The van der Waals surface area contributed by atoms with Gasteiger partial charge in [-0.3, -0.25) is 14.5 Å². The fourth-order valence-electron chi connectivity index (χ4n) is 1.34. The number of carbonyl (C=O) groups is 2. The van der Waals surface area contributed by atoms with E-state index in [2.05, 4.69) is 0 Å². The van der Waals surface area contributed by atoms with Crippen molar-refractivity contribution in [1.82, 2.24) is 9.80 Å². The first-order valence-electron chi connectivity index (χ1n) is 5.27. The molecule has 5 heteroatoms. The molecule has 0 aromatic heterocycles. The van der Waals surface area contributed by atoms with Crippen molar-refractivity contribution in [3.8, 4) is 0 Å². The minimum atomic E-state index is -0.899. The second kappa shape index (κ2) is 7.23. The van der Waals surface area contributed by atoms with Crippen molar-refractivity contribution in [2.24, 2.45) is 0 Å². The first-order chi connectivity index (χ1) is 7.04. The molecule has 0 radical (unpaired) electrons. The predicted molar refractivity (Wildman–Crippen MR) is 57.7 cm³/mol. The van der Waals surface area contributed by atoms with Crippen LogP contribution in [-0.2, 0) is 9.59 Å². The Morgan fingerprint density at radius 1 is 1.00 bits per heavy atom. The van der Waals surface area contributed by atoms with E-state index in [0.717, 1.165) is 0 Å². The summed E-state index contributed by atoms with van der Waals surface area (Å²) in [5.74, 6) is -0.910. The van der Waals surface area contributed by atoms with Gasteiger partial charge in [0.15, 0.2) is 0 Å². The Labute approximate surface area is 90.7 Å². The van der Waals surface area contributed by atoms with E-state index in [1.165, 1.54) is 0 Å². The molecule has 0 unspecified atom stereocenters. The predicted octanol–water partition coefficient (Wildman–Crippen LogP) is 0.261. The summed E-state index contributed by atoms with van der Waals surface area (Å²) in [5.41, 5.74) is 0. The third-order valence-corrected chi connectivity index (χ3v) is 2.28. The van der Waals surface area contributed by atoms with E-state index in [1.54, 1.807) is 9.80 Å². The van der Waals surface area contributed by atoms with Crippen LogP contribution in [0.25, 0.3) is 0 Å². The van der Waals surface area contributed by atoms with E-state index in [0.29, 0.717) is 19.6 Å². The molecule has 1 amide bonds. The average molecular weight is 216 g/mol. The number of carboxylic acids is 1. The molecule has 88 valence electrons. The zero-order valence-corrected chi connectivity index (χ0v) is 9.69. The zero-order chi connectivity index (χ0) is 11.8. The van der Waals surface area contributed by atoms with E-state index in [9.17, 15) is 9.59 Å². The first-order valence-corrected chi connectivity index (χ1v) is 5.27. The fraction of sp³-hybridized carbons (Fsp3) is 0.800. The number of hydrogen-bond acceptors (Lipinski definition) is 3. The molecule has 0 atom stereocenters. The number of likely N-dealkylation sites (N-methyl/N-ethyl adjacent to an activating group) is 2. The Hall–Kier alpha value is -1.10. The van der Waals surface area contributed by atoms with Crippen LogP contribution in [0.2, 0.25) is 0 Å². The Balaban J connectivity index is 4.16. The van der Waals surface area contributed by atoms with Gasteiger partial charge in [-0.1, -0.05) is 6.92 Å². The molecule has 0 bridgehead atoms. The smallest absolute Gasteiger partial charge is 0.317 e. The van der Waals surface area contributed by atoms with Gasteiger partial charge in [-0.25, -0.2) is 0 Å². The van der Waals surface area contributed by atoms with Crippen molar-refractivity contribution in [2.75, 3.05) is 32.7 Å². The fourth-order valence-corrected chi connectivity index (χ4v) is 1.34. The van der Waals surface area contributed by atoms with Crippen LogP contribution >= 0.6 is 0 Å². The summed E-state index contributed by atoms with van der Waals surface area (Å²) in [6.07, 6.45) is 0. The van der Waals surface area contributed by atoms with Crippen LogP contribution in [0.5, 0.6) is 0 Å². The van der Waals surface area contributed by atoms with E-state index < -0.39 is 5.97 Å². The lowest BCUT2D eigenvalue weighted by atomic mass is 10.4. The zero-order valence-electron chi connectivity index (χ0n) is 9.69. The number of aliphatic carboxylic acids is 1. The Kier molecular flexibility index (Phi) is 6.70. The highest BCUT2D eigenvalue weighted by atomic mass is 16.4. The van der Waals surface area contributed by atoms with Crippen molar-refractivity contribution in [2.45, 2.75) is 20.8 Å². The maximum Gasteiger partial charge on any atom is 0.317 e. The molecule has 1 N–H and O–H groups in total. The molecule has 0 aliphatic rings. The van der Waals surface area contributed by atoms with Gasteiger partial charge in [-0.15, -0.1) is 0 Å². The number of carboxylic acid groups (broad SMARTS) is 1. The largest absolute Gasteiger partial charge is 0.480 e. The third-order valence-electron chi connectivity index (χ3n) is 2.28. The molecule has 0 saturated carbocycles. The van der Waals surface area contributed by atoms with Crippen LogP contribution in [-0.4, -0.2) is 59.5 Å². The number of carbonyl (C=O) groups excluding carboxylic acids is 1. The molecule has 0 aliphatic heterocycles. The monoisotopic (exact) mass is 216 g/mol. The van der Waals surface area contributed by atoms with Gasteiger partial charge < -0.3 is 10.0 Å². The van der Waals surface area contributed by atoms with Crippen molar-refractivity contribution in [3.05, 3.63) is 0 Å². The van der Waals surface area contributed by atoms with Crippen molar-refractivity contribution in [1.29, 1.82) is 0 Å². The molecule has 5 nitrogen and oxygen atoms in total. The summed E-state index contributed by atoms with van der Waals surface area (Å²) in [5, 5.41) is 8.61. The second-order valence-corrected chi connectivity index (χ2v) is 3.26. The van der Waals surface area contributed by atoms with Gasteiger partial charge in [0.25, 0.3) is 0 Å². The first kappa shape index (κ1) is 13.9. The SMILES string of the molecule is CCN(CC(=O)O)CC(=O)N(CC)CC. The summed E-state index contributed by atoms with van der Waals surface area (Å²) < 4.78 is 0. The van der Waals surface area contributed by atoms with Crippen LogP contribution in [0, 0.1) is 0 Å². The molecule has 0 aromatic rings. The normalized spacial score (nSPS) is 10.4. The van der Waals surface area contributed by atoms with Gasteiger partial charge in [0.1, 0.15) is 0 Å². The summed E-state index contributed by atoms with van der Waals surface area (Å²) in [4.78, 5) is 25.5.